The van der Waals surface area contributed by atoms with Crippen LogP contribution in [0.1, 0.15) is 83.5 Å². The molecular weight excluding hydrogens is 290 g/mol. The Hall–Kier alpha value is 0.860. The lowest BCUT2D eigenvalue weighted by Gasteiger charge is -2.45. The number of hydrogen-bond acceptors (Lipinski definition) is 0. The monoisotopic (exact) mass is 324 g/mol. The highest BCUT2D eigenvalue weighted by atomic mass is 31.1. The predicted molar refractivity (Wildman–Crippen MR) is 98.7 cm³/mol. The van der Waals surface area contributed by atoms with Crippen LogP contribution in [0.4, 0.5) is 0 Å². The van der Waals surface area contributed by atoms with Crippen LogP contribution < -0.4 is 0 Å². The van der Waals surface area contributed by atoms with E-state index >= 15 is 0 Å². The number of rotatable bonds is 4. The van der Waals surface area contributed by atoms with Gasteiger partial charge in [0.1, 0.15) is 0 Å². The largest absolute Gasteiger partial charge is 0.100 e. The minimum absolute atomic E-state index is 0.459. The van der Waals surface area contributed by atoms with Crippen molar-refractivity contribution in [3.05, 3.63) is 0 Å². The summed E-state index contributed by atoms with van der Waals surface area (Å²) in [5.74, 6) is 0. The van der Waals surface area contributed by atoms with Crippen molar-refractivity contribution in [2.24, 2.45) is 0 Å². The quantitative estimate of drug-likeness (QED) is 0.514. The molecule has 0 unspecified atom stereocenters. The molecule has 0 nitrogen and oxygen atoms in total. The first-order valence-electron chi connectivity index (χ1n) is 9.93. The van der Waals surface area contributed by atoms with Crippen LogP contribution in [-0.2, 0) is 0 Å². The standard InChI is InChI=1S/C19H34P2/c1-6-16-8-2-9-17(7-1)20(16)14-5-15-21-18-10-3-11-19(21)13-4-12-18/h16-19H,1-15H2. The summed E-state index contributed by atoms with van der Waals surface area (Å²) in [6, 6.07) is 0. The molecule has 0 aliphatic carbocycles. The van der Waals surface area contributed by atoms with E-state index in [-0.39, 0.29) is 0 Å². The van der Waals surface area contributed by atoms with Gasteiger partial charge >= 0.3 is 0 Å². The highest BCUT2D eigenvalue weighted by Gasteiger charge is 2.37. The lowest BCUT2D eigenvalue weighted by Crippen LogP contribution is -2.29. The summed E-state index contributed by atoms with van der Waals surface area (Å²) in [4.78, 5) is 0. The average molecular weight is 324 g/mol. The third-order valence-electron chi connectivity index (χ3n) is 7.01. The topological polar surface area (TPSA) is 0 Å². The molecule has 4 saturated heterocycles. The van der Waals surface area contributed by atoms with Crippen molar-refractivity contribution >= 4 is 15.8 Å². The van der Waals surface area contributed by atoms with Gasteiger partial charge in [0.2, 0.25) is 0 Å². The lowest BCUT2D eigenvalue weighted by molar-refractivity contribution is 0.472. The molecule has 0 spiro atoms. The first kappa shape index (κ1) is 15.4. The Morgan fingerprint density at radius 2 is 0.762 bits per heavy atom. The van der Waals surface area contributed by atoms with Gasteiger partial charge in [-0.05, 0) is 92.7 Å². The van der Waals surface area contributed by atoms with Crippen LogP contribution in [0.25, 0.3) is 0 Å². The smallest absolute Gasteiger partial charge is 0.0207 e. The van der Waals surface area contributed by atoms with Gasteiger partial charge in [-0.1, -0.05) is 25.7 Å². The predicted octanol–water partition coefficient (Wildman–Crippen LogP) is 6.55. The fourth-order valence-corrected chi connectivity index (χ4v) is 14.1. The van der Waals surface area contributed by atoms with Crippen molar-refractivity contribution in [3.63, 3.8) is 0 Å². The first-order chi connectivity index (χ1) is 10.4. The molecule has 2 heteroatoms. The van der Waals surface area contributed by atoms with Gasteiger partial charge in [0.15, 0.2) is 0 Å². The van der Waals surface area contributed by atoms with E-state index in [1.165, 1.54) is 22.6 Å². The summed E-state index contributed by atoms with van der Waals surface area (Å²) < 4.78 is 0. The molecule has 0 radical (unpaired) electrons. The maximum absolute atomic E-state index is 1.68. The third kappa shape index (κ3) is 3.38. The molecule has 4 aliphatic heterocycles. The Labute approximate surface area is 134 Å². The molecule has 4 rings (SSSR count). The Morgan fingerprint density at radius 3 is 1.05 bits per heavy atom. The molecule has 4 bridgehead atoms. The molecular formula is C19H34P2. The maximum atomic E-state index is 1.68. The van der Waals surface area contributed by atoms with Gasteiger partial charge in [0.25, 0.3) is 0 Å². The van der Waals surface area contributed by atoms with Gasteiger partial charge in [0.05, 0.1) is 0 Å². The molecule has 0 atom stereocenters. The average Bonchev–Trinajstić information content (AvgIpc) is 2.46. The van der Waals surface area contributed by atoms with Gasteiger partial charge < -0.3 is 0 Å². The van der Waals surface area contributed by atoms with Gasteiger partial charge in [-0.2, -0.15) is 0 Å². The fraction of sp³-hybridized carbons (Fsp3) is 1.00. The van der Waals surface area contributed by atoms with Gasteiger partial charge in [-0.25, -0.2) is 0 Å². The zero-order chi connectivity index (χ0) is 14.1. The van der Waals surface area contributed by atoms with Crippen LogP contribution in [0, 0.1) is 0 Å². The molecule has 4 fully saturated rings. The van der Waals surface area contributed by atoms with Crippen LogP contribution in [0.15, 0.2) is 0 Å². The van der Waals surface area contributed by atoms with E-state index in [2.05, 4.69) is 0 Å². The number of fused-ring (bicyclic) bond motifs is 4. The molecule has 0 aromatic heterocycles. The van der Waals surface area contributed by atoms with Crippen LogP contribution >= 0.6 is 15.8 Å². The second-order valence-electron chi connectivity index (χ2n) is 8.17. The van der Waals surface area contributed by atoms with Crippen LogP contribution in [0.2, 0.25) is 0 Å². The highest BCUT2D eigenvalue weighted by molar-refractivity contribution is 7.60. The minimum Gasteiger partial charge on any atom is -0.100 e. The summed E-state index contributed by atoms with van der Waals surface area (Å²) in [6.45, 7) is 0. The van der Waals surface area contributed by atoms with Crippen molar-refractivity contribution in [2.45, 2.75) is 106 Å². The van der Waals surface area contributed by atoms with Gasteiger partial charge in [-0.3, -0.25) is 0 Å². The Kier molecular flexibility index (Phi) is 5.26. The number of hydrogen-bond donors (Lipinski definition) is 0. The molecule has 0 aromatic rings. The Balaban J connectivity index is 1.29. The summed E-state index contributed by atoms with van der Waals surface area (Å²) >= 11 is 0. The van der Waals surface area contributed by atoms with E-state index in [9.17, 15) is 0 Å². The molecule has 0 amide bonds. The van der Waals surface area contributed by atoms with E-state index in [4.69, 9.17) is 0 Å². The Morgan fingerprint density at radius 1 is 0.476 bits per heavy atom. The van der Waals surface area contributed by atoms with Crippen LogP contribution in [0.5, 0.6) is 0 Å². The van der Waals surface area contributed by atoms with E-state index in [1.54, 1.807) is 95.8 Å². The zero-order valence-electron chi connectivity index (χ0n) is 13.8. The van der Waals surface area contributed by atoms with E-state index < -0.39 is 0 Å². The molecule has 4 aliphatic rings. The zero-order valence-corrected chi connectivity index (χ0v) is 15.6. The fourth-order valence-electron chi connectivity index (χ4n) is 6.02. The van der Waals surface area contributed by atoms with Crippen molar-refractivity contribution < 1.29 is 0 Å². The highest BCUT2D eigenvalue weighted by Crippen LogP contribution is 2.62. The van der Waals surface area contributed by atoms with Gasteiger partial charge in [0, 0.05) is 0 Å². The molecule has 0 aromatic carbocycles. The van der Waals surface area contributed by atoms with Crippen molar-refractivity contribution in [1.29, 1.82) is 0 Å². The lowest BCUT2D eigenvalue weighted by atomic mass is 9.99. The van der Waals surface area contributed by atoms with E-state index in [0.29, 0.717) is 15.8 Å². The Bertz CT molecular complexity index is 266. The summed E-state index contributed by atoms with van der Waals surface area (Å²) in [5, 5.41) is 0. The molecule has 120 valence electrons. The SMILES string of the molecule is C1CC2CCCC(C1)P2CCCP1C2CCCC1CCC2. The maximum Gasteiger partial charge on any atom is -0.0207 e. The van der Waals surface area contributed by atoms with Crippen molar-refractivity contribution in [1.82, 2.24) is 0 Å². The second kappa shape index (κ2) is 7.18. The van der Waals surface area contributed by atoms with Crippen LogP contribution in [-0.4, -0.2) is 35.0 Å². The van der Waals surface area contributed by atoms with E-state index in [0.717, 1.165) is 0 Å². The molecule has 0 saturated carbocycles. The summed E-state index contributed by atoms with van der Waals surface area (Å²) in [5.41, 5.74) is 4.86. The van der Waals surface area contributed by atoms with Crippen molar-refractivity contribution in [2.75, 3.05) is 12.3 Å². The second-order valence-corrected chi connectivity index (χ2v) is 14.0. The molecule has 21 heavy (non-hydrogen) atoms. The normalized spacial score (nSPS) is 46.3. The first-order valence-corrected chi connectivity index (χ1v) is 13.3. The van der Waals surface area contributed by atoms with Crippen molar-refractivity contribution in [3.8, 4) is 0 Å². The van der Waals surface area contributed by atoms with Crippen LogP contribution in [0.3, 0.4) is 0 Å². The molecule has 0 N–H and O–H groups in total. The van der Waals surface area contributed by atoms with E-state index in [1.807, 2.05) is 0 Å². The molecule has 4 heterocycles. The minimum atomic E-state index is 0.459. The third-order valence-corrected chi connectivity index (χ3v) is 14.5. The summed E-state index contributed by atoms with van der Waals surface area (Å²) in [7, 11) is 0.918. The summed E-state index contributed by atoms with van der Waals surface area (Å²) in [6.07, 6.45) is 24.2. The van der Waals surface area contributed by atoms with Gasteiger partial charge in [-0.15, -0.1) is 15.8 Å².